The molecule has 0 radical (unpaired) electrons. The number of benzene rings is 3. The van der Waals surface area contributed by atoms with Gasteiger partial charge in [0.2, 0.25) is 0 Å². The van der Waals surface area contributed by atoms with Crippen LogP contribution in [0.1, 0.15) is 15.9 Å². The first kappa shape index (κ1) is 15.4. The molecule has 3 aromatic carbocycles. The Morgan fingerprint density at radius 1 is 0.958 bits per heavy atom. The lowest BCUT2D eigenvalue weighted by Gasteiger charge is -2.06. The van der Waals surface area contributed by atoms with E-state index >= 15 is 0 Å². The number of carbonyl (C=O) groups is 1. The van der Waals surface area contributed by atoms with Gasteiger partial charge >= 0.3 is 0 Å². The molecule has 0 aliphatic carbocycles. The van der Waals surface area contributed by atoms with Crippen LogP contribution in [0.3, 0.4) is 0 Å². The lowest BCUT2D eigenvalue weighted by atomic mass is 10.0. The lowest BCUT2D eigenvalue weighted by Crippen LogP contribution is -1.98. The number of hydrogen-bond acceptors (Lipinski definition) is 4. The summed E-state index contributed by atoms with van der Waals surface area (Å²) in [5, 5.41) is 24.1. The standard InChI is InChI=1S/C19H13NO4/c21-18(16-8-7-14-3-1-2-4-15(14)12-16)9-5-13-6-10-19(22)17(11-13)20(23)24/h1-12,22H/p-1/b9-5+. The first-order valence-electron chi connectivity index (χ1n) is 7.21. The van der Waals surface area contributed by atoms with Crippen molar-refractivity contribution in [1.82, 2.24) is 0 Å². The van der Waals surface area contributed by atoms with Gasteiger partial charge in [0.1, 0.15) is 0 Å². The minimum absolute atomic E-state index is 0.213. The van der Waals surface area contributed by atoms with Gasteiger partial charge in [-0.05, 0) is 34.2 Å². The molecule has 0 saturated heterocycles. The smallest absolute Gasteiger partial charge is 0.262 e. The zero-order valence-electron chi connectivity index (χ0n) is 12.5. The van der Waals surface area contributed by atoms with E-state index in [2.05, 4.69) is 0 Å². The second kappa shape index (κ2) is 6.34. The van der Waals surface area contributed by atoms with Gasteiger partial charge in [-0.15, -0.1) is 0 Å². The number of carbonyl (C=O) groups excluding carboxylic acids is 1. The molecule has 5 nitrogen and oxygen atoms in total. The minimum atomic E-state index is -0.731. The van der Waals surface area contributed by atoms with E-state index in [-0.39, 0.29) is 5.78 Å². The Morgan fingerprint density at radius 2 is 1.71 bits per heavy atom. The van der Waals surface area contributed by atoms with Crippen molar-refractivity contribution in [1.29, 1.82) is 0 Å². The molecule has 0 amide bonds. The Kier molecular flexibility index (Phi) is 4.07. The third-order valence-corrected chi connectivity index (χ3v) is 3.64. The van der Waals surface area contributed by atoms with Crippen LogP contribution in [0.2, 0.25) is 0 Å². The molecule has 0 N–H and O–H groups in total. The van der Waals surface area contributed by atoms with E-state index in [0.717, 1.165) is 22.9 Å². The normalized spacial score (nSPS) is 11.0. The maximum Gasteiger partial charge on any atom is 0.262 e. The zero-order chi connectivity index (χ0) is 17.1. The Bertz CT molecular complexity index is 976. The van der Waals surface area contributed by atoms with Gasteiger partial charge in [-0.25, -0.2) is 0 Å². The van der Waals surface area contributed by atoms with Crippen molar-refractivity contribution in [2.24, 2.45) is 0 Å². The van der Waals surface area contributed by atoms with Gasteiger partial charge < -0.3 is 5.11 Å². The number of nitro benzene ring substituents is 1. The van der Waals surface area contributed by atoms with Crippen molar-refractivity contribution >= 4 is 28.3 Å². The van der Waals surface area contributed by atoms with Crippen LogP contribution in [0, 0.1) is 10.1 Å². The molecule has 0 bridgehead atoms. The highest BCUT2D eigenvalue weighted by atomic mass is 16.6. The maximum absolute atomic E-state index is 12.3. The molecule has 0 unspecified atom stereocenters. The van der Waals surface area contributed by atoms with Crippen molar-refractivity contribution in [2.75, 3.05) is 0 Å². The number of fused-ring (bicyclic) bond motifs is 1. The van der Waals surface area contributed by atoms with Crippen molar-refractivity contribution in [3.8, 4) is 5.75 Å². The van der Waals surface area contributed by atoms with Crippen LogP contribution >= 0.6 is 0 Å². The predicted molar refractivity (Wildman–Crippen MR) is 89.9 cm³/mol. The summed E-state index contributed by atoms with van der Waals surface area (Å²) in [5.74, 6) is -0.868. The first-order chi connectivity index (χ1) is 11.5. The number of rotatable bonds is 4. The molecule has 0 atom stereocenters. The molecule has 0 spiro atoms. The molecule has 118 valence electrons. The van der Waals surface area contributed by atoms with Crippen LogP contribution in [0.25, 0.3) is 16.8 Å². The van der Waals surface area contributed by atoms with Crippen LogP contribution in [0.4, 0.5) is 5.69 Å². The van der Waals surface area contributed by atoms with Gasteiger partial charge in [0.15, 0.2) is 5.78 Å². The van der Waals surface area contributed by atoms with E-state index in [1.165, 1.54) is 18.2 Å². The summed E-state index contributed by atoms with van der Waals surface area (Å²) in [7, 11) is 0. The number of hydrogen-bond donors (Lipinski definition) is 0. The molecular formula is C19H12NO4-. The Hall–Kier alpha value is -3.47. The van der Waals surface area contributed by atoms with Crippen molar-refractivity contribution < 1.29 is 14.8 Å². The summed E-state index contributed by atoms with van der Waals surface area (Å²) in [6.45, 7) is 0. The average Bonchev–Trinajstić information content (AvgIpc) is 2.60. The molecule has 0 aliphatic heterocycles. The SMILES string of the molecule is O=C(/C=C/c1ccc([O-])c([N+](=O)[O-])c1)c1ccc2ccccc2c1. The Labute approximate surface area is 137 Å². The Morgan fingerprint density at radius 3 is 2.46 bits per heavy atom. The summed E-state index contributed by atoms with van der Waals surface area (Å²) < 4.78 is 0. The molecule has 0 fully saturated rings. The maximum atomic E-state index is 12.3. The molecule has 0 saturated carbocycles. The molecule has 3 rings (SSSR count). The summed E-state index contributed by atoms with van der Waals surface area (Å²) in [6.07, 6.45) is 2.80. The van der Waals surface area contributed by atoms with Crippen molar-refractivity contribution in [3.63, 3.8) is 0 Å². The fraction of sp³-hybridized carbons (Fsp3) is 0. The number of nitro groups is 1. The second-order valence-electron chi connectivity index (χ2n) is 5.24. The fourth-order valence-corrected chi connectivity index (χ4v) is 2.39. The average molecular weight is 318 g/mol. The van der Waals surface area contributed by atoms with E-state index in [1.54, 1.807) is 12.1 Å². The molecular weight excluding hydrogens is 306 g/mol. The third kappa shape index (κ3) is 3.15. The van der Waals surface area contributed by atoms with Gasteiger partial charge in [-0.1, -0.05) is 54.6 Å². The third-order valence-electron chi connectivity index (χ3n) is 3.64. The van der Waals surface area contributed by atoms with Gasteiger partial charge in [0.05, 0.1) is 4.92 Å². The molecule has 5 heteroatoms. The van der Waals surface area contributed by atoms with Crippen LogP contribution < -0.4 is 5.11 Å². The summed E-state index contributed by atoms with van der Waals surface area (Å²) in [6, 6.07) is 16.8. The number of nitrogens with zero attached hydrogens (tertiary/aromatic N) is 1. The highest BCUT2D eigenvalue weighted by Gasteiger charge is 2.07. The minimum Gasteiger partial charge on any atom is -0.868 e. The quantitative estimate of drug-likeness (QED) is 0.318. The van der Waals surface area contributed by atoms with Crippen LogP contribution in [0.5, 0.6) is 5.75 Å². The van der Waals surface area contributed by atoms with E-state index in [4.69, 9.17) is 0 Å². The van der Waals surface area contributed by atoms with Crippen molar-refractivity contribution in [2.45, 2.75) is 0 Å². The monoisotopic (exact) mass is 318 g/mol. The zero-order valence-corrected chi connectivity index (χ0v) is 12.5. The number of ketones is 1. The summed E-state index contributed by atoms with van der Waals surface area (Å²) in [5.41, 5.74) is 0.450. The van der Waals surface area contributed by atoms with Crippen molar-refractivity contribution in [3.05, 3.63) is 88.0 Å². The van der Waals surface area contributed by atoms with Crippen LogP contribution in [-0.2, 0) is 0 Å². The van der Waals surface area contributed by atoms with Crippen LogP contribution in [-0.4, -0.2) is 10.7 Å². The molecule has 0 aromatic heterocycles. The van der Waals surface area contributed by atoms with Gasteiger partial charge in [0.25, 0.3) is 5.69 Å². The van der Waals surface area contributed by atoms with Gasteiger partial charge in [0, 0.05) is 11.6 Å². The number of allylic oxidation sites excluding steroid dienone is 1. The van der Waals surface area contributed by atoms with Gasteiger partial charge in [-0.2, -0.15) is 0 Å². The van der Waals surface area contributed by atoms with E-state index < -0.39 is 16.4 Å². The summed E-state index contributed by atoms with van der Waals surface area (Å²) >= 11 is 0. The van der Waals surface area contributed by atoms with Gasteiger partial charge in [-0.3, -0.25) is 14.9 Å². The Balaban J connectivity index is 1.86. The highest BCUT2D eigenvalue weighted by molar-refractivity contribution is 6.08. The summed E-state index contributed by atoms with van der Waals surface area (Å²) in [4.78, 5) is 22.3. The van der Waals surface area contributed by atoms with E-state index in [1.807, 2.05) is 30.3 Å². The molecule has 3 aromatic rings. The fourth-order valence-electron chi connectivity index (χ4n) is 2.39. The second-order valence-corrected chi connectivity index (χ2v) is 5.24. The molecule has 0 aliphatic rings. The largest absolute Gasteiger partial charge is 0.868 e. The van der Waals surface area contributed by atoms with E-state index in [9.17, 15) is 20.0 Å². The highest BCUT2D eigenvalue weighted by Crippen LogP contribution is 2.24. The lowest BCUT2D eigenvalue weighted by molar-refractivity contribution is -0.398. The molecule has 0 heterocycles. The van der Waals surface area contributed by atoms with E-state index in [0.29, 0.717) is 11.1 Å². The predicted octanol–water partition coefficient (Wildman–Crippen LogP) is 3.72. The first-order valence-corrected chi connectivity index (χ1v) is 7.21. The molecule has 24 heavy (non-hydrogen) atoms. The topological polar surface area (TPSA) is 83.3 Å². The van der Waals surface area contributed by atoms with Crippen LogP contribution in [0.15, 0.2) is 66.7 Å².